The van der Waals surface area contributed by atoms with Gasteiger partial charge in [-0.15, -0.1) is 0 Å². The number of hydrogen-bond acceptors (Lipinski definition) is 5. The number of ether oxygens (including phenoxy) is 2. The smallest absolute Gasteiger partial charge is 0.326 e. The van der Waals surface area contributed by atoms with E-state index in [1.54, 1.807) is 20.8 Å². The Morgan fingerprint density at radius 3 is 2.50 bits per heavy atom. The van der Waals surface area contributed by atoms with E-state index in [0.717, 1.165) is 19.4 Å². The molecule has 92 valence electrons. The summed E-state index contributed by atoms with van der Waals surface area (Å²) in [6.07, 6.45) is 1.76. The summed E-state index contributed by atoms with van der Waals surface area (Å²) in [6, 6.07) is -0.242. The van der Waals surface area contributed by atoms with E-state index < -0.39 is 5.41 Å². The number of rotatable bonds is 3. The van der Waals surface area contributed by atoms with Crippen LogP contribution in [0.4, 0.5) is 0 Å². The maximum Gasteiger partial charge on any atom is 0.326 e. The molecule has 0 radical (unpaired) electrons. The van der Waals surface area contributed by atoms with Crippen LogP contribution in [0.25, 0.3) is 0 Å². The van der Waals surface area contributed by atoms with Crippen LogP contribution in [-0.2, 0) is 19.1 Å². The van der Waals surface area contributed by atoms with Gasteiger partial charge in [-0.05, 0) is 40.2 Å². The molecule has 1 rings (SSSR count). The molecule has 0 aromatic carbocycles. The van der Waals surface area contributed by atoms with E-state index >= 15 is 0 Å². The van der Waals surface area contributed by atoms with Crippen molar-refractivity contribution in [2.75, 3.05) is 13.3 Å². The molecule has 0 saturated carbocycles. The van der Waals surface area contributed by atoms with Gasteiger partial charge in [-0.3, -0.25) is 9.59 Å². The van der Waals surface area contributed by atoms with Gasteiger partial charge in [-0.1, -0.05) is 0 Å². The quantitative estimate of drug-likeness (QED) is 0.573. The Kier molecular flexibility index (Phi) is 4.29. The molecule has 5 heteroatoms. The Labute approximate surface area is 95.5 Å². The van der Waals surface area contributed by atoms with Gasteiger partial charge in [0.05, 0.1) is 5.41 Å². The summed E-state index contributed by atoms with van der Waals surface area (Å²) in [5, 5.41) is 3.01. The van der Waals surface area contributed by atoms with E-state index in [-0.39, 0.29) is 24.8 Å². The monoisotopic (exact) mass is 229 g/mol. The number of carbonyl (C=O) groups excluding carboxylic acids is 2. The van der Waals surface area contributed by atoms with Gasteiger partial charge in [0.15, 0.2) is 0 Å². The summed E-state index contributed by atoms with van der Waals surface area (Å²) in [5.74, 6) is -0.723. The van der Waals surface area contributed by atoms with Gasteiger partial charge in [0.1, 0.15) is 6.04 Å². The second-order valence-corrected chi connectivity index (χ2v) is 4.91. The first-order valence-electron chi connectivity index (χ1n) is 5.48. The van der Waals surface area contributed by atoms with Crippen LogP contribution >= 0.6 is 0 Å². The van der Waals surface area contributed by atoms with Crippen molar-refractivity contribution in [2.24, 2.45) is 5.41 Å². The molecule has 1 aliphatic rings. The lowest BCUT2D eigenvalue weighted by atomic mass is 9.98. The van der Waals surface area contributed by atoms with Crippen LogP contribution in [0.5, 0.6) is 0 Å². The van der Waals surface area contributed by atoms with Crippen LogP contribution in [0.1, 0.15) is 33.6 Å². The first-order chi connectivity index (χ1) is 7.41. The summed E-state index contributed by atoms with van der Waals surface area (Å²) in [6.45, 7) is 5.77. The predicted molar refractivity (Wildman–Crippen MR) is 57.5 cm³/mol. The third-order valence-electron chi connectivity index (χ3n) is 2.35. The maximum absolute atomic E-state index is 11.4. The molecule has 1 atom stereocenters. The Morgan fingerprint density at radius 1 is 1.31 bits per heavy atom. The number of carbonyl (C=O) groups is 2. The first-order valence-corrected chi connectivity index (χ1v) is 5.48. The first kappa shape index (κ1) is 13.0. The van der Waals surface area contributed by atoms with Crippen LogP contribution in [0.15, 0.2) is 0 Å². The number of hydrogen-bond donors (Lipinski definition) is 1. The van der Waals surface area contributed by atoms with Gasteiger partial charge < -0.3 is 14.8 Å². The summed E-state index contributed by atoms with van der Waals surface area (Å²) in [4.78, 5) is 22.7. The van der Waals surface area contributed by atoms with Crippen molar-refractivity contribution in [3.8, 4) is 0 Å². The molecule has 16 heavy (non-hydrogen) atoms. The zero-order valence-electron chi connectivity index (χ0n) is 10.0. The van der Waals surface area contributed by atoms with E-state index in [0.29, 0.717) is 0 Å². The molecule has 0 aliphatic carbocycles. The second kappa shape index (κ2) is 5.30. The van der Waals surface area contributed by atoms with Crippen LogP contribution in [-0.4, -0.2) is 31.3 Å². The molecule has 1 N–H and O–H groups in total. The Bertz CT molecular complexity index is 264. The fourth-order valence-corrected chi connectivity index (χ4v) is 1.34. The molecule has 0 bridgehead atoms. The number of esters is 2. The van der Waals surface area contributed by atoms with Gasteiger partial charge in [0.2, 0.25) is 6.79 Å². The summed E-state index contributed by atoms with van der Waals surface area (Å²) >= 11 is 0. The molecule has 0 spiro atoms. The van der Waals surface area contributed by atoms with Crippen molar-refractivity contribution < 1.29 is 19.1 Å². The highest BCUT2D eigenvalue weighted by molar-refractivity contribution is 5.77. The van der Waals surface area contributed by atoms with Crippen molar-refractivity contribution in [1.82, 2.24) is 5.32 Å². The zero-order chi connectivity index (χ0) is 12.2. The Hall–Kier alpha value is -1.10. The molecule has 1 fully saturated rings. The highest BCUT2D eigenvalue weighted by Gasteiger charge is 2.26. The van der Waals surface area contributed by atoms with E-state index in [1.807, 2.05) is 0 Å². The summed E-state index contributed by atoms with van der Waals surface area (Å²) in [7, 11) is 0. The molecule has 0 amide bonds. The lowest BCUT2D eigenvalue weighted by molar-refractivity contribution is -0.174. The van der Waals surface area contributed by atoms with Crippen molar-refractivity contribution in [3.63, 3.8) is 0 Å². The van der Waals surface area contributed by atoms with E-state index in [4.69, 9.17) is 9.47 Å². The summed E-state index contributed by atoms with van der Waals surface area (Å²) in [5.41, 5.74) is -0.571. The average Bonchev–Trinajstić information content (AvgIpc) is 2.68. The topological polar surface area (TPSA) is 64.6 Å². The lowest BCUT2D eigenvalue weighted by Gasteiger charge is -2.17. The van der Waals surface area contributed by atoms with Crippen LogP contribution in [0.2, 0.25) is 0 Å². The fourth-order valence-electron chi connectivity index (χ4n) is 1.34. The van der Waals surface area contributed by atoms with Gasteiger partial charge in [-0.2, -0.15) is 0 Å². The average molecular weight is 229 g/mol. The molecule has 1 unspecified atom stereocenters. The molecule has 1 heterocycles. The predicted octanol–water partition coefficient (Wildman–Crippen LogP) is 0.828. The van der Waals surface area contributed by atoms with Gasteiger partial charge >= 0.3 is 11.9 Å². The highest BCUT2D eigenvalue weighted by atomic mass is 16.7. The standard InChI is InChI=1S/C11H19NO4/c1-11(2,3)10(14)16-7-15-9(13)8-5-4-6-12-8/h8,12H,4-7H2,1-3H3. The minimum absolute atomic E-state index is 0.242. The SMILES string of the molecule is CC(C)(C)C(=O)OCOC(=O)C1CCCN1. The largest absolute Gasteiger partial charge is 0.427 e. The van der Waals surface area contributed by atoms with Gasteiger partial charge in [0, 0.05) is 0 Å². The van der Waals surface area contributed by atoms with Crippen LogP contribution in [0.3, 0.4) is 0 Å². The van der Waals surface area contributed by atoms with Crippen molar-refractivity contribution in [1.29, 1.82) is 0 Å². The minimum Gasteiger partial charge on any atom is -0.427 e. The molecule has 1 aliphatic heterocycles. The molecule has 0 aromatic rings. The third-order valence-corrected chi connectivity index (χ3v) is 2.35. The van der Waals surface area contributed by atoms with Gasteiger partial charge in [-0.25, -0.2) is 0 Å². The summed E-state index contributed by atoms with van der Waals surface area (Å²) < 4.78 is 9.67. The minimum atomic E-state index is -0.571. The highest BCUT2D eigenvalue weighted by Crippen LogP contribution is 2.15. The normalized spacial score (nSPS) is 20.6. The van der Waals surface area contributed by atoms with E-state index in [9.17, 15) is 9.59 Å². The van der Waals surface area contributed by atoms with Crippen molar-refractivity contribution in [3.05, 3.63) is 0 Å². The lowest BCUT2D eigenvalue weighted by Crippen LogP contribution is -2.33. The van der Waals surface area contributed by atoms with Crippen LogP contribution in [0, 0.1) is 5.41 Å². The fraction of sp³-hybridized carbons (Fsp3) is 0.818. The van der Waals surface area contributed by atoms with Gasteiger partial charge in [0.25, 0.3) is 0 Å². The molecule has 1 saturated heterocycles. The molecule has 5 nitrogen and oxygen atoms in total. The van der Waals surface area contributed by atoms with Crippen molar-refractivity contribution in [2.45, 2.75) is 39.7 Å². The Morgan fingerprint density at radius 2 is 2.00 bits per heavy atom. The molecular weight excluding hydrogens is 210 g/mol. The second-order valence-electron chi connectivity index (χ2n) is 4.91. The number of nitrogens with one attached hydrogen (secondary N) is 1. The Balaban J connectivity index is 2.20. The third kappa shape index (κ3) is 3.81. The van der Waals surface area contributed by atoms with E-state index in [1.165, 1.54) is 0 Å². The molecule has 0 aromatic heterocycles. The van der Waals surface area contributed by atoms with E-state index in [2.05, 4.69) is 5.32 Å². The molecular formula is C11H19NO4. The van der Waals surface area contributed by atoms with Crippen molar-refractivity contribution >= 4 is 11.9 Å². The van der Waals surface area contributed by atoms with Crippen LogP contribution < -0.4 is 5.32 Å². The maximum atomic E-state index is 11.4. The zero-order valence-corrected chi connectivity index (χ0v) is 10.0.